The second-order valence-electron chi connectivity index (χ2n) is 5.50. The lowest BCUT2D eigenvalue weighted by Gasteiger charge is -2.31. The Morgan fingerprint density at radius 2 is 2.14 bits per heavy atom. The van der Waals surface area contributed by atoms with Gasteiger partial charge in [0.15, 0.2) is 0 Å². The average Bonchev–Trinajstić information content (AvgIpc) is 2.98. The molecule has 1 aliphatic rings. The Bertz CT molecular complexity index is 448. The van der Waals surface area contributed by atoms with E-state index in [1.165, 1.54) is 7.11 Å². The first-order chi connectivity index (χ1) is 10.5. The zero-order chi connectivity index (χ0) is 16.7. The Morgan fingerprint density at radius 1 is 1.45 bits per heavy atom. The van der Waals surface area contributed by atoms with Gasteiger partial charge in [0.2, 0.25) is 5.91 Å². The van der Waals surface area contributed by atoms with Crippen molar-refractivity contribution in [2.75, 3.05) is 20.7 Å². The number of ether oxygens (including phenoxy) is 1. The standard InChI is InChI=1S/C15H26N4O3/c1-6-17-13(16-4)11-8-7-9-19(11)14(20)12(10(2)3)18-15(21)22-5/h6,10-12H,1,7-9H2,2-5H3,(H,16,17)(H,18,21). The van der Waals surface area contributed by atoms with E-state index in [9.17, 15) is 9.59 Å². The quantitative estimate of drug-likeness (QED) is 0.589. The van der Waals surface area contributed by atoms with E-state index in [1.54, 1.807) is 18.1 Å². The van der Waals surface area contributed by atoms with Gasteiger partial charge in [-0.25, -0.2) is 4.79 Å². The summed E-state index contributed by atoms with van der Waals surface area (Å²) in [7, 11) is 2.96. The van der Waals surface area contributed by atoms with Crippen LogP contribution in [-0.2, 0) is 9.53 Å². The van der Waals surface area contributed by atoms with Gasteiger partial charge in [-0.15, -0.1) is 0 Å². The number of rotatable bonds is 5. The Balaban J connectivity index is 2.91. The van der Waals surface area contributed by atoms with Crippen molar-refractivity contribution in [2.24, 2.45) is 10.9 Å². The predicted octanol–water partition coefficient (Wildman–Crippen LogP) is 1.12. The third-order valence-corrected chi connectivity index (χ3v) is 3.73. The molecular formula is C15H26N4O3. The van der Waals surface area contributed by atoms with Gasteiger partial charge >= 0.3 is 6.09 Å². The highest BCUT2D eigenvalue weighted by Gasteiger charge is 2.37. The van der Waals surface area contributed by atoms with Gasteiger partial charge in [0.25, 0.3) is 0 Å². The lowest BCUT2D eigenvalue weighted by molar-refractivity contribution is -0.134. The van der Waals surface area contributed by atoms with E-state index in [1.807, 2.05) is 13.8 Å². The first-order valence-corrected chi connectivity index (χ1v) is 7.45. The number of likely N-dealkylation sites (tertiary alicyclic amines) is 1. The summed E-state index contributed by atoms with van der Waals surface area (Å²) >= 11 is 0. The molecule has 2 amide bonds. The highest BCUT2D eigenvalue weighted by molar-refractivity contribution is 5.94. The van der Waals surface area contributed by atoms with Crippen LogP contribution in [0.25, 0.3) is 0 Å². The summed E-state index contributed by atoms with van der Waals surface area (Å²) in [5.74, 6) is 0.554. The Kier molecular flexibility index (Phi) is 6.88. The van der Waals surface area contributed by atoms with Crippen LogP contribution < -0.4 is 10.6 Å². The Hall–Kier alpha value is -2.05. The van der Waals surface area contributed by atoms with Crippen molar-refractivity contribution in [3.05, 3.63) is 12.8 Å². The van der Waals surface area contributed by atoms with Crippen molar-refractivity contribution in [1.82, 2.24) is 15.5 Å². The second kappa shape index (κ2) is 8.41. The van der Waals surface area contributed by atoms with Crippen molar-refractivity contribution in [3.8, 4) is 0 Å². The molecule has 124 valence electrons. The minimum Gasteiger partial charge on any atom is -0.453 e. The number of hydrogen-bond acceptors (Lipinski definition) is 4. The largest absolute Gasteiger partial charge is 0.453 e. The molecular weight excluding hydrogens is 284 g/mol. The van der Waals surface area contributed by atoms with Crippen LogP contribution in [0.3, 0.4) is 0 Å². The molecule has 7 heteroatoms. The van der Waals surface area contributed by atoms with Crippen molar-refractivity contribution < 1.29 is 14.3 Å². The van der Waals surface area contributed by atoms with Gasteiger partial charge in [-0.2, -0.15) is 0 Å². The second-order valence-corrected chi connectivity index (χ2v) is 5.50. The zero-order valence-corrected chi connectivity index (χ0v) is 13.8. The molecule has 0 aromatic rings. The van der Waals surface area contributed by atoms with E-state index in [4.69, 9.17) is 0 Å². The normalized spacial score (nSPS) is 19.8. The first-order valence-electron chi connectivity index (χ1n) is 7.45. The molecule has 1 saturated heterocycles. The van der Waals surface area contributed by atoms with E-state index >= 15 is 0 Å². The molecule has 2 N–H and O–H groups in total. The maximum absolute atomic E-state index is 12.8. The Morgan fingerprint density at radius 3 is 2.64 bits per heavy atom. The van der Waals surface area contributed by atoms with Crippen LogP contribution in [0.5, 0.6) is 0 Å². The number of amides is 2. The minimum atomic E-state index is -0.616. The Labute approximate surface area is 131 Å². The van der Waals surface area contributed by atoms with Crippen LogP contribution in [0.1, 0.15) is 26.7 Å². The number of carbonyl (C=O) groups is 2. The van der Waals surface area contributed by atoms with Crippen LogP contribution >= 0.6 is 0 Å². The van der Waals surface area contributed by atoms with Crippen molar-refractivity contribution in [1.29, 1.82) is 0 Å². The van der Waals surface area contributed by atoms with E-state index in [-0.39, 0.29) is 17.9 Å². The van der Waals surface area contributed by atoms with Gasteiger partial charge in [0, 0.05) is 13.6 Å². The monoisotopic (exact) mass is 310 g/mol. The molecule has 0 spiro atoms. The first kappa shape index (κ1) is 18.0. The fourth-order valence-corrected chi connectivity index (χ4v) is 2.61. The third kappa shape index (κ3) is 4.22. The summed E-state index contributed by atoms with van der Waals surface area (Å²) in [6.45, 7) is 8.06. The molecule has 22 heavy (non-hydrogen) atoms. The van der Waals surface area contributed by atoms with E-state index in [0.29, 0.717) is 12.4 Å². The van der Waals surface area contributed by atoms with Crippen LogP contribution in [0.2, 0.25) is 0 Å². The van der Waals surface area contributed by atoms with Gasteiger partial charge in [0.1, 0.15) is 11.9 Å². The average molecular weight is 310 g/mol. The lowest BCUT2D eigenvalue weighted by Crippen LogP contribution is -2.54. The van der Waals surface area contributed by atoms with Crippen LogP contribution in [0, 0.1) is 5.92 Å². The van der Waals surface area contributed by atoms with Crippen molar-refractivity contribution >= 4 is 17.8 Å². The van der Waals surface area contributed by atoms with Crippen molar-refractivity contribution in [2.45, 2.75) is 38.8 Å². The van der Waals surface area contributed by atoms with Crippen LogP contribution in [-0.4, -0.2) is 55.5 Å². The number of carbonyl (C=O) groups excluding carboxylic acids is 2. The van der Waals surface area contributed by atoms with Gasteiger partial charge in [-0.05, 0) is 25.0 Å². The van der Waals surface area contributed by atoms with E-state index in [0.717, 1.165) is 12.8 Å². The van der Waals surface area contributed by atoms with Gasteiger partial charge in [-0.1, -0.05) is 20.4 Å². The molecule has 0 aliphatic carbocycles. The molecule has 0 aromatic heterocycles. The third-order valence-electron chi connectivity index (χ3n) is 3.73. The molecule has 0 aromatic carbocycles. The number of alkyl carbamates (subject to hydrolysis) is 1. The van der Waals surface area contributed by atoms with E-state index in [2.05, 4.69) is 26.9 Å². The van der Waals surface area contributed by atoms with E-state index < -0.39 is 12.1 Å². The summed E-state index contributed by atoms with van der Waals surface area (Å²) < 4.78 is 4.61. The predicted molar refractivity (Wildman–Crippen MR) is 85.6 cm³/mol. The highest BCUT2D eigenvalue weighted by atomic mass is 16.5. The maximum Gasteiger partial charge on any atom is 0.407 e. The minimum absolute atomic E-state index is 0.0396. The van der Waals surface area contributed by atoms with Crippen molar-refractivity contribution in [3.63, 3.8) is 0 Å². The number of hydrogen-bond donors (Lipinski definition) is 2. The fraction of sp³-hybridized carbons (Fsp3) is 0.667. The molecule has 0 saturated carbocycles. The fourth-order valence-electron chi connectivity index (χ4n) is 2.61. The summed E-state index contributed by atoms with van der Waals surface area (Å²) in [6, 6.07) is -0.730. The summed E-state index contributed by atoms with van der Waals surface area (Å²) in [6.07, 6.45) is 2.69. The molecule has 7 nitrogen and oxygen atoms in total. The number of aliphatic imine (C=N–C) groups is 1. The summed E-state index contributed by atoms with van der Waals surface area (Å²) in [5.41, 5.74) is 0. The van der Waals surface area contributed by atoms with Crippen LogP contribution in [0.15, 0.2) is 17.8 Å². The molecule has 2 unspecified atom stereocenters. The SMILES string of the molecule is C=CNC(=NC)C1CCCN1C(=O)C(NC(=O)OC)C(C)C. The molecule has 1 heterocycles. The molecule has 0 bridgehead atoms. The zero-order valence-electron chi connectivity index (χ0n) is 13.8. The molecule has 1 rings (SSSR count). The molecule has 1 aliphatic heterocycles. The summed E-state index contributed by atoms with van der Waals surface area (Å²) in [4.78, 5) is 30.3. The van der Waals surface area contributed by atoms with Gasteiger partial charge in [0.05, 0.1) is 13.2 Å². The molecule has 1 fully saturated rings. The summed E-state index contributed by atoms with van der Waals surface area (Å²) in [5, 5.41) is 5.61. The number of amidine groups is 1. The van der Waals surface area contributed by atoms with Gasteiger partial charge in [-0.3, -0.25) is 9.79 Å². The number of nitrogens with zero attached hydrogens (tertiary/aromatic N) is 2. The molecule has 0 radical (unpaired) electrons. The number of nitrogens with one attached hydrogen (secondary N) is 2. The number of methoxy groups -OCH3 is 1. The smallest absolute Gasteiger partial charge is 0.407 e. The lowest BCUT2D eigenvalue weighted by atomic mass is 10.0. The topological polar surface area (TPSA) is 83.0 Å². The molecule has 2 atom stereocenters. The van der Waals surface area contributed by atoms with Gasteiger partial charge < -0.3 is 20.3 Å². The highest BCUT2D eigenvalue weighted by Crippen LogP contribution is 2.21. The maximum atomic E-state index is 12.8. The van der Waals surface area contributed by atoms with Crippen LogP contribution in [0.4, 0.5) is 4.79 Å².